The summed E-state index contributed by atoms with van der Waals surface area (Å²) in [5.41, 5.74) is 4.48. The second kappa shape index (κ2) is 9.54. The number of methoxy groups -OCH3 is 1. The molecule has 2 amide bonds. The van der Waals surface area contributed by atoms with E-state index in [-0.39, 0.29) is 30.2 Å². The number of aromatic nitrogens is 1. The molecule has 0 aliphatic carbocycles. The average Bonchev–Trinajstić information content (AvgIpc) is 3.46. The van der Waals surface area contributed by atoms with Crippen molar-refractivity contribution in [2.24, 2.45) is 5.10 Å². The van der Waals surface area contributed by atoms with Crippen molar-refractivity contribution < 1.29 is 23.1 Å². The van der Waals surface area contributed by atoms with E-state index < -0.39 is 5.92 Å². The van der Waals surface area contributed by atoms with Crippen LogP contribution in [0.5, 0.6) is 5.75 Å². The lowest BCUT2D eigenvalue weighted by molar-refractivity contribution is -0.137. The number of nitrogens with zero attached hydrogens (tertiary/aromatic N) is 5. The van der Waals surface area contributed by atoms with Crippen molar-refractivity contribution >= 4 is 40.5 Å². The van der Waals surface area contributed by atoms with Gasteiger partial charge in [0.05, 0.1) is 19.1 Å². The summed E-state index contributed by atoms with van der Waals surface area (Å²) >= 11 is 0. The fourth-order valence-corrected chi connectivity index (χ4v) is 5.22. The average molecular weight is 528 g/mol. The zero-order valence-corrected chi connectivity index (χ0v) is 21.7. The number of anilines is 2. The number of hydrogen-bond acceptors (Lipinski definition) is 7. The number of carbonyl (C=O) groups is 2. The van der Waals surface area contributed by atoms with Crippen LogP contribution in [0.3, 0.4) is 0 Å². The number of oxazole rings is 1. The molecule has 0 saturated heterocycles. The first-order valence-corrected chi connectivity index (χ1v) is 12.5. The molecular formula is C29H26FN5O4. The van der Waals surface area contributed by atoms with E-state index in [2.05, 4.69) is 15.0 Å². The molecule has 0 spiro atoms. The lowest BCUT2D eigenvalue weighted by atomic mass is 9.93. The van der Waals surface area contributed by atoms with Crippen molar-refractivity contribution in [2.75, 3.05) is 30.5 Å². The molecule has 10 heteroatoms. The highest BCUT2D eigenvalue weighted by Crippen LogP contribution is 2.45. The van der Waals surface area contributed by atoms with Crippen LogP contribution in [0.1, 0.15) is 22.9 Å². The normalized spacial score (nSPS) is 17.9. The zero-order valence-electron chi connectivity index (χ0n) is 21.7. The summed E-state index contributed by atoms with van der Waals surface area (Å²) < 4.78 is 24.5. The molecule has 3 aromatic carbocycles. The minimum Gasteiger partial charge on any atom is -0.497 e. The molecule has 0 saturated carbocycles. The summed E-state index contributed by atoms with van der Waals surface area (Å²) in [6, 6.07) is 16.9. The maximum atomic E-state index is 13.8. The lowest BCUT2D eigenvalue weighted by Crippen LogP contribution is -2.48. The highest BCUT2D eigenvalue weighted by Gasteiger charge is 2.46. The minimum atomic E-state index is -0.570. The first kappa shape index (κ1) is 24.6. The fourth-order valence-electron chi connectivity index (χ4n) is 5.22. The third kappa shape index (κ3) is 4.37. The number of halogens is 1. The number of fused-ring (bicyclic) bond motifs is 4. The number of rotatable bonds is 6. The molecule has 0 radical (unpaired) electrons. The molecule has 4 aromatic rings. The summed E-state index contributed by atoms with van der Waals surface area (Å²) in [5, 5.41) is 5.63. The Morgan fingerprint density at radius 2 is 1.92 bits per heavy atom. The maximum absolute atomic E-state index is 13.8. The monoisotopic (exact) mass is 527 g/mol. The predicted molar refractivity (Wildman–Crippen MR) is 144 cm³/mol. The molecule has 3 heterocycles. The Morgan fingerprint density at radius 1 is 1.13 bits per heavy atom. The molecule has 9 nitrogen and oxygen atoms in total. The number of hydrazone groups is 1. The topological polar surface area (TPSA) is 91.5 Å². The van der Waals surface area contributed by atoms with Gasteiger partial charge in [-0.1, -0.05) is 12.1 Å². The number of benzene rings is 3. The molecule has 0 fully saturated rings. The highest BCUT2D eigenvalue weighted by atomic mass is 19.1. The Balaban J connectivity index is 1.26. The molecule has 198 valence electrons. The molecule has 1 aromatic heterocycles. The smallest absolute Gasteiger partial charge is 0.253 e. The SMILES string of the molecule is COc1ccc2c(c1)C1C(=O)N(CC(=O)N(C)c3ccc4nc(C)oc4c3)N=CC1N2Cc1ccc(F)cc1. The van der Waals surface area contributed by atoms with E-state index >= 15 is 0 Å². The van der Waals surface area contributed by atoms with E-state index in [1.54, 1.807) is 57.6 Å². The molecule has 0 N–H and O–H groups in total. The first-order valence-electron chi connectivity index (χ1n) is 12.5. The Hall–Kier alpha value is -4.73. The van der Waals surface area contributed by atoms with Crippen LogP contribution in [0.25, 0.3) is 11.1 Å². The van der Waals surface area contributed by atoms with Gasteiger partial charge in [0.25, 0.3) is 5.91 Å². The summed E-state index contributed by atoms with van der Waals surface area (Å²) in [6.07, 6.45) is 1.71. The number of carbonyl (C=O) groups excluding carboxylic acids is 2. The van der Waals surface area contributed by atoms with Gasteiger partial charge in [0.2, 0.25) is 5.91 Å². The van der Waals surface area contributed by atoms with Crippen LogP contribution in [-0.4, -0.2) is 54.8 Å². The van der Waals surface area contributed by atoms with Crippen molar-refractivity contribution in [3.63, 3.8) is 0 Å². The Morgan fingerprint density at radius 3 is 2.69 bits per heavy atom. The predicted octanol–water partition coefficient (Wildman–Crippen LogP) is 4.25. The van der Waals surface area contributed by atoms with Gasteiger partial charge < -0.3 is 19.0 Å². The molecule has 0 bridgehead atoms. The van der Waals surface area contributed by atoms with Crippen molar-refractivity contribution in [1.29, 1.82) is 0 Å². The maximum Gasteiger partial charge on any atom is 0.253 e. The Labute approximate surface area is 224 Å². The van der Waals surface area contributed by atoms with Crippen molar-refractivity contribution in [1.82, 2.24) is 9.99 Å². The van der Waals surface area contributed by atoms with Crippen molar-refractivity contribution in [3.05, 3.63) is 83.5 Å². The zero-order chi connectivity index (χ0) is 27.3. The van der Waals surface area contributed by atoms with Crippen LogP contribution in [0, 0.1) is 12.7 Å². The van der Waals surface area contributed by atoms with E-state index in [0.717, 1.165) is 16.8 Å². The minimum absolute atomic E-state index is 0.222. The van der Waals surface area contributed by atoms with E-state index in [1.807, 2.05) is 18.2 Å². The van der Waals surface area contributed by atoms with Gasteiger partial charge in [0.15, 0.2) is 11.5 Å². The van der Waals surface area contributed by atoms with Crippen LogP contribution in [-0.2, 0) is 16.1 Å². The van der Waals surface area contributed by atoms with E-state index in [4.69, 9.17) is 9.15 Å². The van der Waals surface area contributed by atoms with Crippen LogP contribution in [0.15, 0.2) is 70.2 Å². The first-order chi connectivity index (χ1) is 18.8. The standard InChI is InChI=1S/C29H26FN5O4/c1-17-32-23-10-8-20(12-26(23)39-17)33(2)27(36)16-35-29(37)28-22-13-21(38-3)9-11-24(22)34(25(28)14-31-35)15-18-4-6-19(30)7-5-18/h4-14,25,28H,15-16H2,1-3H3. The van der Waals surface area contributed by atoms with Crippen molar-refractivity contribution in [2.45, 2.75) is 25.4 Å². The Bertz CT molecular complexity index is 1620. The number of ether oxygens (including phenoxy) is 1. The molecule has 2 aliphatic rings. The molecular weight excluding hydrogens is 501 g/mol. The van der Waals surface area contributed by atoms with Gasteiger partial charge in [-0.2, -0.15) is 5.10 Å². The number of likely N-dealkylation sites (N-methyl/N-ethyl adjacent to an activating group) is 1. The molecule has 39 heavy (non-hydrogen) atoms. The molecule has 2 unspecified atom stereocenters. The van der Waals surface area contributed by atoms with Gasteiger partial charge in [0.1, 0.15) is 23.6 Å². The third-order valence-corrected chi connectivity index (χ3v) is 7.25. The third-order valence-electron chi connectivity index (χ3n) is 7.25. The molecule has 2 atom stereocenters. The van der Waals surface area contributed by atoms with E-state index in [1.165, 1.54) is 22.0 Å². The fraction of sp³-hybridized carbons (Fsp3) is 0.241. The van der Waals surface area contributed by atoms with E-state index in [9.17, 15) is 14.0 Å². The van der Waals surface area contributed by atoms with Crippen LogP contribution < -0.4 is 14.5 Å². The summed E-state index contributed by atoms with van der Waals surface area (Å²) in [6.45, 7) is 2.00. The van der Waals surface area contributed by atoms with Crippen molar-refractivity contribution in [3.8, 4) is 5.75 Å². The summed E-state index contributed by atoms with van der Waals surface area (Å²) in [5.74, 6) is -0.283. The van der Waals surface area contributed by atoms with Gasteiger partial charge in [0, 0.05) is 44.2 Å². The highest BCUT2D eigenvalue weighted by molar-refractivity contribution is 6.02. The number of amides is 2. The second-order valence-corrected chi connectivity index (χ2v) is 9.65. The van der Waals surface area contributed by atoms with Gasteiger partial charge in [-0.25, -0.2) is 14.4 Å². The molecule has 6 rings (SSSR count). The van der Waals surface area contributed by atoms with Gasteiger partial charge in [-0.15, -0.1) is 0 Å². The lowest BCUT2D eigenvalue weighted by Gasteiger charge is -2.33. The number of aryl methyl sites for hydroxylation is 1. The summed E-state index contributed by atoms with van der Waals surface area (Å²) in [4.78, 5) is 34.8. The summed E-state index contributed by atoms with van der Waals surface area (Å²) in [7, 11) is 3.22. The quantitative estimate of drug-likeness (QED) is 0.372. The van der Waals surface area contributed by atoms with E-state index in [0.29, 0.717) is 35.0 Å². The number of hydrogen-bond donors (Lipinski definition) is 0. The Kier molecular flexibility index (Phi) is 6.02. The molecule has 2 aliphatic heterocycles. The largest absolute Gasteiger partial charge is 0.497 e. The van der Waals surface area contributed by atoms with Crippen LogP contribution in [0.2, 0.25) is 0 Å². The second-order valence-electron chi connectivity index (χ2n) is 9.65. The van der Waals surface area contributed by atoms with Gasteiger partial charge >= 0.3 is 0 Å². The van der Waals surface area contributed by atoms with Gasteiger partial charge in [-0.3, -0.25) is 9.59 Å². The van der Waals surface area contributed by atoms with Crippen LogP contribution in [0.4, 0.5) is 15.8 Å². The van der Waals surface area contributed by atoms with Crippen LogP contribution >= 0.6 is 0 Å². The van der Waals surface area contributed by atoms with Gasteiger partial charge in [-0.05, 0) is 53.6 Å².